The number of hydrogen-bond donors (Lipinski definition) is 1. The Morgan fingerprint density at radius 2 is 2.00 bits per heavy atom. The zero-order chi connectivity index (χ0) is 14.6. The van der Waals surface area contributed by atoms with Crippen LogP contribution in [0.5, 0.6) is 0 Å². The molecule has 1 saturated heterocycles. The lowest BCUT2D eigenvalue weighted by Crippen LogP contribution is -2.32. The molecule has 1 fully saturated rings. The maximum absolute atomic E-state index is 12.7. The molecule has 1 aromatic carbocycles. The molecule has 1 atom stereocenters. The molecule has 112 valence electrons. The van der Waals surface area contributed by atoms with Gasteiger partial charge in [-0.3, -0.25) is 0 Å². The monoisotopic (exact) mass is 297 g/mol. The highest BCUT2D eigenvalue weighted by molar-refractivity contribution is 7.89. The Hall–Kier alpha value is -0.910. The Labute approximate surface area is 121 Å². The second kappa shape index (κ2) is 6.70. The average Bonchev–Trinajstić information content (AvgIpc) is 2.73. The Morgan fingerprint density at radius 3 is 2.70 bits per heavy atom. The number of aliphatic hydroxyl groups is 1. The molecular weight excluding hydrogens is 274 g/mol. The molecule has 1 N–H and O–H groups in total. The quantitative estimate of drug-likeness (QED) is 0.928. The van der Waals surface area contributed by atoms with Crippen LogP contribution in [0, 0.1) is 5.92 Å². The zero-order valence-electron chi connectivity index (χ0n) is 12.0. The van der Waals surface area contributed by atoms with Crippen molar-refractivity contribution in [3.05, 3.63) is 29.8 Å². The second-order valence-electron chi connectivity index (χ2n) is 5.38. The van der Waals surface area contributed by atoms with Crippen LogP contribution in [0.4, 0.5) is 0 Å². The van der Waals surface area contributed by atoms with E-state index in [1.165, 1.54) is 0 Å². The van der Waals surface area contributed by atoms with Crippen molar-refractivity contribution in [1.82, 2.24) is 4.31 Å². The minimum atomic E-state index is -3.49. The van der Waals surface area contributed by atoms with E-state index in [-0.39, 0.29) is 11.5 Å². The first-order valence-corrected chi connectivity index (χ1v) is 8.72. The maximum Gasteiger partial charge on any atom is 0.243 e. The lowest BCUT2D eigenvalue weighted by atomic mass is 9.98. The van der Waals surface area contributed by atoms with Gasteiger partial charge < -0.3 is 5.11 Å². The predicted octanol–water partition coefficient (Wildman–Crippen LogP) is 2.38. The first kappa shape index (κ1) is 15.5. The SMILES string of the molecule is CCC1CCCN(S(=O)(=O)c2ccccc2CO)CC1. The third-order valence-electron chi connectivity index (χ3n) is 4.14. The van der Waals surface area contributed by atoms with Gasteiger partial charge in [-0.2, -0.15) is 4.31 Å². The molecule has 1 unspecified atom stereocenters. The number of rotatable bonds is 4. The van der Waals surface area contributed by atoms with Gasteiger partial charge in [-0.15, -0.1) is 0 Å². The van der Waals surface area contributed by atoms with Crippen LogP contribution < -0.4 is 0 Å². The number of benzene rings is 1. The van der Waals surface area contributed by atoms with E-state index in [1.54, 1.807) is 28.6 Å². The fraction of sp³-hybridized carbons (Fsp3) is 0.600. The first-order valence-electron chi connectivity index (χ1n) is 7.28. The Kier molecular flexibility index (Phi) is 5.18. The molecule has 1 aliphatic heterocycles. The minimum absolute atomic E-state index is 0.248. The minimum Gasteiger partial charge on any atom is -0.392 e. The second-order valence-corrected chi connectivity index (χ2v) is 7.28. The molecule has 20 heavy (non-hydrogen) atoms. The van der Waals surface area contributed by atoms with E-state index in [4.69, 9.17) is 0 Å². The topological polar surface area (TPSA) is 57.6 Å². The summed E-state index contributed by atoms with van der Waals surface area (Å²) < 4.78 is 27.0. The largest absolute Gasteiger partial charge is 0.392 e. The highest BCUT2D eigenvalue weighted by atomic mass is 32.2. The van der Waals surface area contributed by atoms with Crippen LogP contribution in [-0.2, 0) is 16.6 Å². The summed E-state index contributed by atoms with van der Waals surface area (Å²) in [5.74, 6) is 0.628. The summed E-state index contributed by atoms with van der Waals surface area (Å²) in [5.41, 5.74) is 0.476. The van der Waals surface area contributed by atoms with E-state index in [2.05, 4.69) is 6.92 Å². The van der Waals surface area contributed by atoms with Crippen LogP contribution in [0.15, 0.2) is 29.2 Å². The predicted molar refractivity (Wildman–Crippen MR) is 78.8 cm³/mol. The van der Waals surface area contributed by atoms with E-state index in [1.807, 2.05) is 0 Å². The molecule has 4 nitrogen and oxygen atoms in total. The molecule has 0 amide bonds. The lowest BCUT2D eigenvalue weighted by molar-refractivity contribution is 0.278. The molecule has 1 aliphatic rings. The van der Waals surface area contributed by atoms with E-state index in [0.717, 1.165) is 25.7 Å². The van der Waals surface area contributed by atoms with Gasteiger partial charge in [-0.1, -0.05) is 31.5 Å². The Bertz CT molecular complexity index is 542. The third kappa shape index (κ3) is 3.22. The Morgan fingerprint density at radius 1 is 1.25 bits per heavy atom. The fourth-order valence-electron chi connectivity index (χ4n) is 2.81. The van der Waals surface area contributed by atoms with Gasteiger partial charge in [-0.05, 0) is 36.8 Å². The van der Waals surface area contributed by atoms with Gasteiger partial charge >= 0.3 is 0 Å². The van der Waals surface area contributed by atoms with E-state index in [9.17, 15) is 13.5 Å². The van der Waals surface area contributed by atoms with Crippen molar-refractivity contribution in [2.75, 3.05) is 13.1 Å². The maximum atomic E-state index is 12.7. The van der Waals surface area contributed by atoms with Gasteiger partial charge in [-0.25, -0.2) is 8.42 Å². The molecule has 0 saturated carbocycles. The van der Waals surface area contributed by atoms with Gasteiger partial charge in [0.05, 0.1) is 11.5 Å². The highest BCUT2D eigenvalue weighted by Gasteiger charge is 2.28. The number of hydrogen-bond acceptors (Lipinski definition) is 3. The van der Waals surface area contributed by atoms with Crippen LogP contribution in [0.25, 0.3) is 0 Å². The van der Waals surface area contributed by atoms with E-state index in [0.29, 0.717) is 24.6 Å². The van der Waals surface area contributed by atoms with Gasteiger partial charge in [0.15, 0.2) is 0 Å². The van der Waals surface area contributed by atoms with Gasteiger partial charge in [0.25, 0.3) is 0 Å². The van der Waals surface area contributed by atoms with Crippen LogP contribution in [0.2, 0.25) is 0 Å². The molecular formula is C15H23NO3S. The van der Waals surface area contributed by atoms with Crippen molar-refractivity contribution in [3.63, 3.8) is 0 Å². The Balaban J connectivity index is 2.26. The van der Waals surface area contributed by atoms with Crippen molar-refractivity contribution in [1.29, 1.82) is 0 Å². The smallest absolute Gasteiger partial charge is 0.243 e. The normalized spacial score (nSPS) is 21.6. The summed E-state index contributed by atoms with van der Waals surface area (Å²) in [5, 5.41) is 9.33. The lowest BCUT2D eigenvalue weighted by Gasteiger charge is -2.21. The molecule has 0 aromatic heterocycles. The standard InChI is InChI=1S/C15H23NO3S/c1-2-13-6-5-10-16(11-9-13)20(18,19)15-8-4-3-7-14(15)12-17/h3-4,7-8,13,17H,2,5-6,9-12H2,1H3. The highest BCUT2D eigenvalue weighted by Crippen LogP contribution is 2.26. The third-order valence-corrected chi connectivity index (χ3v) is 6.14. The van der Waals surface area contributed by atoms with Crippen molar-refractivity contribution in [2.24, 2.45) is 5.92 Å². The van der Waals surface area contributed by atoms with Gasteiger partial charge in [0, 0.05) is 13.1 Å². The molecule has 5 heteroatoms. The molecule has 0 aliphatic carbocycles. The molecule has 2 rings (SSSR count). The first-order chi connectivity index (χ1) is 9.59. The van der Waals surface area contributed by atoms with Crippen molar-refractivity contribution < 1.29 is 13.5 Å². The average molecular weight is 297 g/mol. The zero-order valence-corrected chi connectivity index (χ0v) is 12.8. The molecule has 0 bridgehead atoms. The summed E-state index contributed by atoms with van der Waals surface area (Å²) in [6.45, 7) is 3.08. The molecule has 0 radical (unpaired) electrons. The van der Waals surface area contributed by atoms with E-state index < -0.39 is 10.0 Å². The molecule has 1 heterocycles. The summed E-state index contributed by atoms with van der Waals surface area (Å²) in [7, 11) is -3.49. The molecule has 1 aromatic rings. The van der Waals surface area contributed by atoms with Crippen molar-refractivity contribution in [2.45, 2.75) is 44.1 Å². The summed E-state index contributed by atoms with van der Waals surface area (Å²) in [4.78, 5) is 0.248. The van der Waals surface area contributed by atoms with Crippen LogP contribution in [-0.4, -0.2) is 30.9 Å². The van der Waals surface area contributed by atoms with E-state index >= 15 is 0 Å². The van der Waals surface area contributed by atoms with Crippen LogP contribution >= 0.6 is 0 Å². The summed E-state index contributed by atoms with van der Waals surface area (Å²) in [6, 6.07) is 6.71. The number of nitrogens with zero attached hydrogens (tertiary/aromatic N) is 1. The van der Waals surface area contributed by atoms with Gasteiger partial charge in [0.2, 0.25) is 10.0 Å². The summed E-state index contributed by atoms with van der Waals surface area (Å²) in [6.07, 6.45) is 4.06. The van der Waals surface area contributed by atoms with Gasteiger partial charge in [0.1, 0.15) is 0 Å². The summed E-state index contributed by atoms with van der Waals surface area (Å²) >= 11 is 0. The number of aliphatic hydroxyl groups excluding tert-OH is 1. The van der Waals surface area contributed by atoms with Crippen LogP contribution in [0.1, 0.15) is 38.2 Å². The molecule has 0 spiro atoms. The fourth-order valence-corrected chi connectivity index (χ4v) is 4.52. The number of sulfonamides is 1. The van der Waals surface area contributed by atoms with Crippen LogP contribution in [0.3, 0.4) is 0 Å². The van der Waals surface area contributed by atoms with Crippen molar-refractivity contribution >= 4 is 10.0 Å². The van der Waals surface area contributed by atoms with Crippen molar-refractivity contribution in [3.8, 4) is 0 Å².